The molecule has 0 saturated heterocycles. The molecule has 0 radical (unpaired) electrons. The molecule has 184 valence electrons. The lowest BCUT2D eigenvalue weighted by Gasteiger charge is -2.21. The highest BCUT2D eigenvalue weighted by Crippen LogP contribution is 2.37. The quantitative estimate of drug-likeness (QED) is 0.458. The van der Waals surface area contributed by atoms with Gasteiger partial charge in [0, 0.05) is 23.8 Å². The molecule has 0 bridgehead atoms. The summed E-state index contributed by atoms with van der Waals surface area (Å²) in [5.74, 6) is -0.996. The van der Waals surface area contributed by atoms with E-state index in [1.807, 2.05) is 13.8 Å². The van der Waals surface area contributed by atoms with Crippen LogP contribution < -0.4 is 10.6 Å². The van der Waals surface area contributed by atoms with E-state index in [2.05, 4.69) is 20.6 Å². The van der Waals surface area contributed by atoms with Crippen molar-refractivity contribution < 1.29 is 27.9 Å². The molecule has 1 aromatic heterocycles. The fourth-order valence-corrected chi connectivity index (χ4v) is 4.38. The van der Waals surface area contributed by atoms with Crippen LogP contribution in [0, 0.1) is 11.8 Å². The maximum atomic E-state index is 13.5. The number of anilines is 2. The number of carbonyl (C=O) groups is 2. The third-order valence-electron chi connectivity index (χ3n) is 5.98. The van der Waals surface area contributed by atoms with E-state index in [0.29, 0.717) is 18.5 Å². The number of aromatic carboxylic acids is 1. The van der Waals surface area contributed by atoms with Gasteiger partial charge in [-0.1, -0.05) is 6.42 Å². The summed E-state index contributed by atoms with van der Waals surface area (Å²) in [7, 11) is 0. The molecule has 1 unspecified atom stereocenters. The number of hydrogen-bond donors (Lipinski definition) is 3. The summed E-state index contributed by atoms with van der Waals surface area (Å²) in [6.45, 7) is 3.81. The summed E-state index contributed by atoms with van der Waals surface area (Å²) >= 11 is 0. The first-order valence-corrected chi connectivity index (χ1v) is 11.4. The minimum atomic E-state index is -4.58. The smallest absolute Gasteiger partial charge is 0.419 e. The monoisotopic (exact) mass is 478 g/mol. The molecule has 3 N–H and O–H groups in total. The van der Waals surface area contributed by atoms with Crippen LogP contribution in [0.4, 0.5) is 24.8 Å². The number of aryl methyl sites for hydroxylation is 1. The minimum absolute atomic E-state index is 0.00105. The highest BCUT2D eigenvalue weighted by Gasteiger charge is 2.36. The summed E-state index contributed by atoms with van der Waals surface area (Å²) in [5.41, 5.74) is -0.430. The van der Waals surface area contributed by atoms with Gasteiger partial charge in [-0.2, -0.15) is 13.2 Å². The molecule has 10 heteroatoms. The maximum absolute atomic E-state index is 13.5. The molecule has 2 aromatic rings. The number of hydrogen-bond acceptors (Lipinski definition) is 5. The Labute approximate surface area is 196 Å². The molecule has 1 fully saturated rings. The Hall–Kier alpha value is -3.17. The number of alkyl halides is 3. The van der Waals surface area contributed by atoms with Gasteiger partial charge in [0.15, 0.2) is 0 Å². The number of nitrogens with zero attached hydrogens (tertiary/aromatic N) is 2. The first-order valence-electron chi connectivity index (χ1n) is 11.4. The van der Waals surface area contributed by atoms with Crippen LogP contribution >= 0.6 is 0 Å². The standard InChI is InChI=1S/C24H29F3N4O3/c1-14(2)29-21(32)18-7-3-5-15(18)6-4-8-20-19(24(25,26)27)13-28-23(31-20)30-17-11-9-16(10-12-17)22(33)34/h9-15,18H,3-8H2,1-2H3,(H,29,32)(H,33,34)(H,28,30,31)/t15?,18-/m0/s1. The van der Waals surface area contributed by atoms with Crippen LogP contribution in [0.3, 0.4) is 0 Å². The molecule has 0 aliphatic heterocycles. The summed E-state index contributed by atoms with van der Waals surface area (Å²) in [6.07, 6.45) is 0.0645. The van der Waals surface area contributed by atoms with Crippen LogP contribution in [0.1, 0.15) is 67.6 Å². The zero-order valence-corrected chi connectivity index (χ0v) is 19.2. The molecular weight excluding hydrogens is 449 g/mol. The van der Waals surface area contributed by atoms with Gasteiger partial charge in [-0.15, -0.1) is 0 Å². The molecule has 1 heterocycles. The van der Waals surface area contributed by atoms with Gasteiger partial charge in [0.2, 0.25) is 11.9 Å². The van der Waals surface area contributed by atoms with E-state index in [1.54, 1.807) is 0 Å². The van der Waals surface area contributed by atoms with Gasteiger partial charge in [-0.05, 0) is 76.1 Å². The number of halogens is 3. The second kappa shape index (κ2) is 10.8. The van der Waals surface area contributed by atoms with Gasteiger partial charge in [-0.3, -0.25) is 4.79 Å². The van der Waals surface area contributed by atoms with Crippen LogP contribution in [-0.4, -0.2) is 33.0 Å². The Balaban J connectivity index is 1.69. The summed E-state index contributed by atoms with van der Waals surface area (Å²) in [5, 5.41) is 14.7. The molecule has 3 rings (SSSR count). The van der Waals surface area contributed by atoms with Crippen molar-refractivity contribution in [2.75, 3.05) is 5.32 Å². The van der Waals surface area contributed by atoms with Gasteiger partial charge in [0.25, 0.3) is 0 Å². The van der Waals surface area contributed by atoms with Crippen molar-refractivity contribution >= 4 is 23.5 Å². The van der Waals surface area contributed by atoms with Crippen LogP contribution in [-0.2, 0) is 17.4 Å². The fourth-order valence-electron chi connectivity index (χ4n) is 4.38. The Morgan fingerprint density at radius 2 is 1.88 bits per heavy atom. The van der Waals surface area contributed by atoms with Crippen LogP contribution in [0.15, 0.2) is 30.5 Å². The number of aromatic nitrogens is 2. The number of benzene rings is 1. The van der Waals surface area contributed by atoms with Crippen molar-refractivity contribution in [2.45, 2.75) is 64.6 Å². The molecule has 0 spiro atoms. The van der Waals surface area contributed by atoms with E-state index in [0.717, 1.165) is 25.5 Å². The summed E-state index contributed by atoms with van der Waals surface area (Å²) < 4.78 is 40.6. The van der Waals surface area contributed by atoms with E-state index >= 15 is 0 Å². The van der Waals surface area contributed by atoms with Crippen molar-refractivity contribution in [3.05, 3.63) is 47.3 Å². The fraction of sp³-hybridized carbons (Fsp3) is 0.500. The highest BCUT2D eigenvalue weighted by molar-refractivity contribution is 5.88. The SMILES string of the molecule is CC(C)NC(=O)[C@H]1CCCC1CCCc1nc(Nc2ccc(C(=O)O)cc2)ncc1C(F)(F)F. The molecule has 7 nitrogen and oxygen atoms in total. The summed E-state index contributed by atoms with van der Waals surface area (Å²) in [4.78, 5) is 31.3. The second-order valence-corrected chi connectivity index (χ2v) is 8.91. The number of carboxylic acids is 1. The van der Waals surface area contributed by atoms with Crippen molar-refractivity contribution in [1.29, 1.82) is 0 Å². The van der Waals surface area contributed by atoms with Crippen LogP contribution in [0.2, 0.25) is 0 Å². The third-order valence-corrected chi connectivity index (χ3v) is 5.98. The Morgan fingerprint density at radius 1 is 1.18 bits per heavy atom. The average molecular weight is 479 g/mol. The van der Waals surface area contributed by atoms with Gasteiger partial charge >= 0.3 is 12.1 Å². The minimum Gasteiger partial charge on any atom is -0.478 e. The maximum Gasteiger partial charge on any atom is 0.419 e. The topological polar surface area (TPSA) is 104 Å². The molecule has 34 heavy (non-hydrogen) atoms. The third kappa shape index (κ3) is 6.68. The molecule has 1 aromatic carbocycles. The first-order chi connectivity index (χ1) is 16.0. The van der Waals surface area contributed by atoms with E-state index in [9.17, 15) is 22.8 Å². The van der Waals surface area contributed by atoms with Crippen LogP contribution in [0.5, 0.6) is 0 Å². The molecule has 1 saturated carbocycles. The molecule has 1 aliphatic carbocycles. The lowest BCUT2D eigenvalue weighted by atomic mass is 9.89. The van der Waals surface area contributed by atoms with E-state index in [4.69, 9.17) is 5.11 Å². The van der Waals surface area contributed by atoms with Gasteiger partial charge in [0.1, 0.15) is 0 Å². The van der Waals surface area contributed by atoms with Crippen molar-refractivity contribution in [3.8, 4) is 0 Å². The summed E-state index contributed by atoms with van der Waals surface area (Å²) in [6, 6.07) is 5.79. The lowest BCUT2D eigenvalue weighted by Crippen LogP contribution is -2.37. The van der Waals surface area contributed by atoms with Crippen LogP contribution in [0.25, 0.3) is 0 Å². The van der Waals surface area contributed by atoms with Gasteiger partial charge in [-0.25, -0.2) is 14.8 Å². The Bertz CT molecular complexity index is 1010. The predicted molar refractivity (Wildman–Crippen MR) is 121 cm³/mol. The number of rotatable bonds is 9. The number of carboxylic acid groups (broad SMARTS) is 1. The number of nitrogens with one attached hydrogen (secondary N) is 2. The number of carbonyl (C=O) groups excluding carboxylic acids is 1. The Kier molecular flexibility index (Phi) is 8.11. The zero-order chi connectivity index (χ0) is 24.9. The van der Waals surface area contributed by atoms with E-state index in [1.165, 1.54) is 24.3 Å². The first kappa shape index (κ1) is 25.5. The van der Waals surface area contributed by atoms with Crippen molar-refractivity contribution in [2.24, 2.45) is 11.8 Å². The molecular formula is C24H29F3N4O3. The molecule has 2 atom stereocenters. The molecule has 1 amide bonds. The lowest BCUT2D eigenvalue weighted by molar-refractivity contribution is -0.138. The van der Waals surface area contributed by atoms with Crippen molar-refractivity contribution in [1.82, 2.24) is 15.3 Å². The van der Waals surface area contributed by atoms with Gasteiger partial charge < -0.3 is 15.7 Å². The normalized spacial score (nSPS) is 18.2. The zero-order valence-electron chi connectivity index (χ0n) is 19.2. The highest BCUT2D eigenvalue weighted by atomic mass is 19.4. The number of amides is 1. The Morgan fingerprint density at radius 3 is 2.50 bits per heavy atom. The van der Waals surface area contributed by atoms with Gasteiger partial charge in [0.05, 0.1) is 16.8 Å². The molecule has 1 aliphatic rings. The van der Waals surface area contributed by atoms with Crippen molar-refractivity contribution in [3.63, 3.8) is 0 Å². The van der Waals surface area contributed by atoms with E-state index in [-0.39, 0.29) is 47.4 Å². The average Bonchev–Trinajstić information content (AvgIpc) is 3.22. The van der Waals surface area contributed by atoms with E-state index < -0.39 is 17.7 Å². The predicted octanol–water partition coefficient (Wildman–Crippen LogP) is 5.20. The second-order valence-electron chi connectivity index (χ2n) is 8.91. The largest absolute Gasteiger partial charge is 0.478 e.